The first-order chi connectivity index (χ1) is 27.3. The molecule has 10 aromatic rings. The molecule has 2 heterocycles. The highest BCUT2D eigenvalue weighted by Gasteiger charge is 2.24. The third kappa shape index (κ3) is 5.25. The highest BCUT2D eigenvalue weighted by molar-refractivity contribution is 6.10. The van der Waals surface area contributed by atoms with Crippen LogP contribution in [-0.4, -0.2) is 9.55 Å². The number of aryl methyl sites for hydroxylation is 1. The zero-order valence-corrected chi connectivity index (χ0v) is 30.1. The molecule has 0 fully saturated rings. The van der Waals surface area contributed by atoms with E-state index >= 15 is 0 Å². The normalized spacial score (nSPS) is 12.7. The Kier molecular flexibility index (Phi) is 7.27. The highest BCUT2D eigenvalue weighted by atomic mass is 16.3. The summed E-state index contributed by atoms with van der Waals surface area (Å²) in [6.07, 6.45) is 4.06. The Morgan fingerprint density at radius 2 is 1.24 bits per heavy atom. The van der Waals surface area contributed by atoms with Crippen molar-refractivity contribution in [1.29, 1.82) is 0 Å². The van der Waals surface area contributed by atoms with E-state index < -0.39 is 0 Å². The molecule has 0 atom stereocenters. The van der Waals surface area contributed by atoms with Crippen molar-refractivity contribution in [2.45, 2.75) is 12.8 Å². The second-order valence-corrected chi connectivity index (χ2v) is 14.3. The van der Waals surface area contributed by atoms with Crippen LogP contribution in [0.4, 0.5) is 11.4 Å². The number of fused-ring (bicyclic) bond motifs is 7. The van der Waals surface area contributed by atoms with Crippen LogP contribution in [0.15, 0.2) is 192 Å². The molecule has 0 radical (unpaired) electrons. The zero-order valence-electron chi connectivity index (χ0n) is 30.1. The lowest BCUT2D eigenvalue weighted by molar-refractivity contribution is 0.620. The van der Waals surface area contributed by atoms with Crippen LogP contribution in [0.3, 0.4) is 0 Å². The fourth-order valence-electron chi connectivity index (χ4n) is 8.55. The Labute approximate surface area is 318 Å². The minimum Gasteiger partial charge on any atom is -0.436 e. The van der Waals surface area contributed by atoms with Crippen molar-refractivity contribution in [3.63, 3.8) is 0 Å². The average Bonchev–Trinajstić information content (AvgIpc) is 3.84. The summed E-state index contributed by atoms with van der Waals surface area (Å²) in [6.45, 7) is 0. The molecule has 0 aliphatic heterocycles. The fraction of sp³-hybridized carbons (Fsp3) is 0.0392. The summed E-state index contributed by atoms with van der Waals surface area (Å²) in [4.78, 5) is 7.47. The predicted molar refractivity (Wildman–Crippen MR) is 228 cm³/mol. The molecule has 0 bridgehead atoms. The molecule has 8 aromatic carbocycles. The van der Waals surface area contributed by atoms with Gasteiger partial charge in [-0.2, -0.15) is 0 Å². The third-order valence-electron chi connectivity index (χ3n) is 11.1. The molecule has 4 heteroatoms. The van der Waals surface area contributed by atoms with Gasteiger partial charge in [-0.15, -0.1) is 0 Å². The molecule has 1 aliphatic rings. The molecule has 260 valence electrons. The van der Waals surface area contributed by atoms with Crippen LogP contribution in [0.1, 0.15) is 17.5 Å². The average molecular weight is 706 g/mol. The van der Waals surface area contributed by atoms with E-state index in [0.29, 0.717) is 5.89 Å². The van der Waals surface area contributed by atoms with Crippen LogP contribution < -0.4 is 4.90 Å². The number of allylic oxidation sites excluding steroid dienone is 1. The number of hydrogen-bond acceptors (Lipinski definition) is 3. The van der Waals surface area contributed by atoms with Gasteiger partial charge in [0.1, 0.15) is 5.52 Å². The lowest BCUT2D eigenvalue weighted by atomic mass is 9.93. The number of aromatic nitrogens is 2. The molecule has 11 rings (SSSR count). The molecule has 0 spiro atoms. The molecular weight excluding hydrogens is 671 g/mol. The van der Waals surface area contributed by atoms with Crippen LogP contribution >= 0.6 is 0 Å². The van der Waals surface area contributed by atoms with Gasteiger partial charge in [-0.05, 0) is 113 Å². The number of anilines is 2. The molecule has 55 heavy (non-hydrogen) atoms. The van der Waals surface area contributed by atoms with E-state index in [2.05, 4.69) is 167 Å². The lowest BCUT2D eigenvalue weighted by Gasteiger charge is -2.31. The first-order valence-electron chi connectivity index (χ1n) is 18.9. The summed E-state index contributed by atoms with van der Waals surface area (Å²) < 4.78 is 8.67. The van der Waals surface area contributed by atoms with E-state index in [1.54, 1.807) is 0 Å². The summed E-state index contributed by atoms with van der Waals surface area (Å²) in [5.74, 6) is 0.661. The van der Waals surface area contributed by atoms with Crippen molar-refractivity contribution in [2.24, 2.45) is 0 Å². The van der Waals surface area contributed by atoms with Gasteiger partial charge in [0.2, 0.25) is 5.89 Å². The van der Waals surface area contributed by atoms with E-state index in [9.17, 15) is 0 Å². The molecule has 0 saturated heterocycles. The number of hydrogen-bond donors (Lipinski definition) is 0. The number of benzene rings is 8. The largest absolute Gasteiger partial charge is 0.436 e. The van der Waals surface area contributed by atoms with Crippen LogP contribution in [0.5, 0.6) is 0 Å². The molecular formula is C51H35N3O. The van der Waals surface area contributed by atoms with Gasteiger partial charge >= 0.3 is 0 Å². The van der Waals surface area contributed by atoms with E-state index in [0.717, 1.165) is 46.6 Å². The zero-order chi connectivity index (χ0) is 36.3. The smallest absolute Gasteiger partial charge is 0.227 e. The standard InChI is InChI=1S/C51H35N3O/c1-3-13-36(14-4-1)51-52-50-44-29-27-40(32-37(44)24-31-49(50)55-51)53(39-25-22-35(23-26-39)43-20-11-15-34-12-7-8-18-42(34)43)41-28-30-46-45-19-9-10-21-47(45)54(48(46)33-41)38-16-5-2-6-17-38/h1-26,28,30-33H,27,29H2. The van der Waals surface area contributed by atoms with Gasteiger partial charge in [0.25, 0.3) is 0 Å². The Balaban J connectivity index is 1.08. The highest BCUT2D eigenvalue weighted by Crippen LogP contribution is 2.42. The van der Waals surface area contributed by atoms with Crippen LogP contribution in [-0.2, 0) is 6.42 Å². The van der Waals surface area contributed by atoms with Gasteiger partial charge in [-0.1, -0.05) is 121 Å². The minimum atomic E-state index is 0.661. The van der Waals surface area contributed by atoms with Crippen molar-refractivity contribution in [3.8, 4) is 28.3 Å². The van der Waals surface area contributed by atoms with Crippen LogP contribution in [0, 0.1) is 0 Å². The summed E-state index contributed by atoms with van der Waals surface area (Å²) in [6, 6.07) is 65.0. The number of rotatable bonds is 6. The van der Waals surface area contributed by atoms with Crippen molar-refractivity contribution in [3.05, 3.63) is 199 Å². The molecule has 0 unspecified atom stereocenters. The van der Waals surface area contributed by atoms with E-state index in [-0.39, 0.29) is 0 Å². The van der Waals surface area contributed by atoms with E-state index in [1.807, 2.05) is 30.3 Å². The van der Waals surface area contributed by atoms with Gasteiger partial charge in [-0.25, -0.2) is 4.98 Å². The monoisotopic (exact) mass is 705 g/mol. The molecule has 2 aromatic heterocycles. The Bertz CT molecular complexity index is 3080. The van der Waals surface area contributed by atoms with Crippen molar-refractivity contribution >= 4 is 61.1 Å². The maximum Gasteiger partial charge on any atom is 0.227 e. The summed E-state index contributed by atoms with van der Waals surface area (Å²) >= 11 is 0. The molecule has 0 saturated carbocycles. The van der Waals surface area contributed by atoms with Crippen LogP contribution in [0.2, 0.25) is 0 Å². The quantitative estimate of drug-likeness (QED) is 0.173. The van der Waals surface area contributed by atoms with Crippen molar-refractivity contribution < 1.29 is 4.42 Å². The topological polar surface area (TPSA) is 34.2 Å². The van der Waals surface area contributed by atoms with Gasteiger partial charge in [-0.3, -0.25) is 0 Å². The third-order valence-corrected chi connectivity index (χ3v) is 11.1. The summed E-state index contributed by atoms with van der Waals surface area (Å²) in [5.41, 5.74) is 14.6. The molecule has 0 amide bonds. The van der Waals surface area contributed by atoms with Gasteiger partial charge < -0.3 is 13.9 Å². The number of para-hydroxylation sites is 2. The van der Waals surface area contributed by atoms with Gasteiger partial charge in [0.15, 0.2) is 5.58 Å². The Morgan fingerprint density at radius 3 is 2.09 bits per heavy atom. The van der Waals surface area contributed by atoms with Gasteiger partial charge in [0.05, 0.1) is 11.0 Å². The second-order valence-electron chi connectivity index (χ2n) is 14.3. The maximum atomic E-state index is 6.28. The minimum absolute atomic E-state index is 0.661. The first-order valence-corrected chi connectivity index (χ1v) is 18.9. The molecule has 1 aliphatic carbocycles. The molecule has 4 nitrogen and oxygen atoms in total. The SMILES string of the molecule is C1=C(N(c2ccc(-c3cccc4ccccc34)cc2)c2ccc3c4ccccc4n(-c4ccccc4)c3c2)CCc2c1ccc1oc(-c3ccccc3)nc21. The van der Waals surface area contributed by atoms with Crippen molar-refractivity contribution in [2.75, 3.05) is 4.90 Å². The number of oxazole rings is 1. The summed E-state index contributed by atoms with van der Waals surface area (Å²) in [7, 11) is 0. The molecule has 0 N–H and O–H groups in total. The van der Waals surface area contributed by atoms with E-state index in [4.69, 9.17) is 9.40 Å². The first kappa shape index (κ1) is 31.4. The maximum absolute atomic E-state index is 6.28. The fourth-order valence-corrected chi connectivity index (χ4v) is 8.55. The number of nitrogens with zero attached hydrogens (tertiary/aromatic N) is 3. The van der Waals surface area contributed by atoms with Crippen LogP contribution in [0.25, 0.3) is 78.0 Å². The predicted octanol–water partition coefficient (Wildman–Crippen LogP) is 13.5. The Morgan fingerprint density at radius 1 is 0.527 bits per heavy atom. The summed E-state index contributed by atoms with van der Waals surface area (Å²) in [5, 5.41) is 4.99. The Hall–Kier alpha value is -7.17. The van der Waals surface area contributed by atoms with Crippen molar-refractivity contribution in [1.82, 2.24) is 9.55 Å². The van der Waals surface area contributed by atoms with Gasteiger partial charge in [0, 0.05) is 39.1 Å². The lowest BCUT2D eigenvalue weighted by Crippen LogP contribution is -2.19. The second kappa shape index (κ2) is 12.8. The van der Waals surface area contributed by atoms with E-state index in [1.165, 1.54) is 60.5 Å².